The molecule has 1 saturated heterocycles. The molecule has 5 aromatic carbocycles. The van der Waals surface area contributed by atoms with Gasteiger partial charge in [0, 0.05) is 84.3 Å². The lowest BCUT2D eigenvalue weighted by molar-refractivity contribution is -0.384. The number of nitro benzene ring substituents is 1. The van der Waals surface area contributed by atoms with E-state index < -0.39 is 43.3 Å². The van der Waals surface area contributed by atoms with Crippen molar-refractivity contribution < 1.29 is 30.9 Å². The molecule has 0 unspecified atom stereocenters. The van der Waals surface area contributed by atoms with Crippen LogP contribution in [-0.2, 0) is 27.8 Å². The molecule has 7 rings (SSSR count). The summed E-state index contributed by atoms with van der Waals surface area (Å²) < 4.78 is 68.5. The molecule has 1 aliphatic rings. The lowest BCUT2D eigenvalue weighted by Crippen LogP contribution is -2.46. The predicted octanol–water partition coefficient (Wildman–Crippen LogP) is 7.67. The first kappa shape index (κ1) is 48.5. The zero-order valence-electron chi connectivity index (χ0n) is 37.5. The number of carbonyl (C=O) groups excluding carboxylic acids is 1. The van der Waals surface area contributed by atoms with Crippen molar-refractivity contribution in [3.05, 3.63) is 149 Å². The van der Waals surface area contributed by atoms with E-state index in [2.05, 4.69) is 25.2 Å². The van der Waals surface area contributed by atoms with E-state index in [1.807, 2.05) is 97.3 Å². The maximum atomic E-state index is 14.0. The van der Waals surface area contributed by atoms with Gasteiger partial charge >= 0.3 is 0 Å². The maximum Gasteiger partial charge on any atom is 0.293 e. The average Bonchev–Trinajstić information content (AvgIpc) is 3.58. The standard InChI is InChI=1S/C48H53FN8O7S3/c1-33-45(48(58)50-32-66(61)62)46(47(54(33)4)34-13-15-36(49)16-14-34)35-9-8-10-40(29-35)56-27-25-55(26-28-56)39-19-17-37(18-20-39)52-67(63,64)42-21-22-43(44(30-42)57(59)60)51-38(23-24-53(2)3)31-65-41-11-6-5-7-12-41/h5-22,29-30,38,51-52,66H,23-28,31-32H2,1-4H3,(H,50,58)/t38-/m1/s1. The number of thioether (sulfide) groups is 1. The normalized spacial score (nSPS) is 13.5. The lowest BCUT2D eigenvalue weighted by Gasteiger charge is -2.37. The number of amides is 1. The molecule has 2 heterocycles. The Morgan fingerprint density at radius 3 is 2.18 bits per heavy atom. The number of hydrogen-bond donors (Lipinski definition) is 4. The maximum absolute atomic E-state index is 14.0. The van der Waals surface area contributed by atoms with E-state index >= 15 is 0 Å². The Labute approximate surface area is 396 Å². The molecule has 3 N–H and O–H groups in total. The molecular formula is C48H53FN8O7S3. The van der Waals surface area contributed by atoms with E-state index in [0.29, 0.717) is 72.1 Å². The Morgan fingerprint density at radius 2 is 1.54 bits per heavy atom. The Balaban J connectivity index is 1.03. The molecule has 6 aromatic rings. The Morgan fingerprint density at radius 1 is 0.866 bits per heavy atom. The SMILES string of the molecule is Cc1c(C(=O)NC[SH](=O)=O)c(-c2cccc(N3CCN(c4ccc(NS(=O)(=O)c5ccc(N[C@H](CCN(C)C)CSc6ccccc6)c([N+](=O)[O-])c5)cc4)CC3)c2)c(-c2ccc(F)cc2)n1C. The van der Waals surface area contributed by atoms with Crippen LogP contribution in [0.3, 0.4) is 0 Å². The van der Waals surface area contributed by atoms with Crippen LogP contribution in [0.4, 0.5) is 32.8 Å². The fourth-order valence-electron chi connectivity index (χ4n) is 8.06. The van der Waals surface area contributed by atoms with Crippen molar-refractivity contribution in [2.45, 2.75) is 29.2 Å². The molecule has 352 valence electrons. The Hall–Kier alpha value is -6.41. The van der Waals surface area contributed by atoms with Crippen molar-refractivity contribution in [1.82, 2.24) is 14.8 Å². The van der Waals surface area contributed by atoms with Crippen molar-refractivity contribution in [3.63, 3.8) is 0 Å². The molecule has 0 spiro atoms. The number of hydrogen-bond acceptors (Lipinski definition) is 12. The third kappa shape index (κ3) is 12.0. The van der Waals surface area contributed by atoms with E-state index in [-0.39, 0.29) is 22.3 Å². The highest BCUT2D eigenvalue weighted by atomic mass is 32.2. The van der Waals surface area contributed by atoms with Crippen molar-refractivity contribution in [3.8, 4) is 22.4 Å². The summed E-state index contributed by atoms with van der Waals surface area (Å²) in [6.07, 6.45) is 0.712. The van der Waals surface area contributed by atoms with Gasteiger partial charge in [-0.25, -0.2) is 21.2 Å². The van der Waals surface area contributed by atoms with Crippen LogP contribution >= 0.6 is 11.8 Å². The summed E-state index contributed by atoms with van der Waals surface area (Å²) in [5.41, 5.74) is 5.66. The minimum atomic E-state index is -4.19. The van der Waals surface area contributed by atoms with Gasteiger partial charge in [-0.15, -0.1) is 11.8 Å². The summed E-state index contributed by atoms with van der Waals surface area (Å²) in [5.74, 6) is -0.794. The number of thiol groups is 1. The van der Waals surface area contributed by atoms with E-state index in [9.17, 15) is 36.1 Å². The Kier molecular flexibility index (Phi) is 15.6. The van der Waals surface area contributed by atoms with E-state index in [4.69, 9.17) is 0 Å². The molecule has 0 bridgehead atoms. The number of carbonyl (C=O) groups is 1. The summed E-state index contributed by atoms with van der Waals surface area (Å²) in [7, 11) is -1.30. The number of piperazine rings is 1. The number of aromatic nitrogens is 1. The van der Waals surface area contributed by atoms with Crippen LogP contribution in [-0.4, -0.2) is 102 Å². The summed E-state index contributed by atoms with van der Waals surface area (Å²) in [6, 6.07) is 34.5. The molecule has 67 heavy (non-hydrogen) atoms. The zero-order chi connectivity index (χ0) is 47.8. The molecule has 0 aliphatic carbocycles. The van der Waals surface area contributed by atoms with Crippen LogP contribution in [0.25, 0.3) is 22.4 Å². The van der Waals surface area contributed by atoms with Crippen LogP contribution in [0.5, 0.6) is 0 Å². The minimum Gasteiger partial charge on any atom is -0.376 e. The quantitative estimate of drug-likeness (QED) is 0.0270. The molecule has 1 fully saturated rings. The van der Waals surface area contributed by atoms with Gasteiger partial charge in [0.15, 0.2) is 10.7 Å². The molecule has 0 radical (unpaired) electrons. The Bertz CT molecular complexity index is 2900. The van der Waals surface area contributed by atoms with Crippen LogP contribution in [0.15, 0.2) is 131 Å². The van der Waals surface area contributed by atoms with Gasteiger partial charge in [-0.1, -0.05) is 30.3 Å². The second-order valence-corrected chi connectivity index (χ2v) is 20.2. The average molecular weight is 969 g/mol. The van der Waals surface area contributed by atoms with Gasteiger partial charge in [0.2, 0.25) is 0 Å². The van der Waals surface area contributed by atoms with Gasteiger partial charge in [-0.05, 0) is 130 Å². The third-order valence-corrected chi connectivity index (χ3v) is 14.6. The van der Waals surface area contributed by atoms with Gasteiger partial charge in [0.05, 0.1) is 21.1 Å². The number of anilines is 4. The first-order valence-corrected chi connectivity index (χ1v) is 25.4. The summed E-state index contributed by atoms with van der Waals surface area (Å²) in [5, 5.41) is 18.1. The number of rotatable bonds is 19. The van der Waals surface area contributed by atoms with Crippen LogP contribution < -0.4 is 25.2 Å². The highest BCUT2D eigenvalue weighted by Gasteiger charge is 2.28. The molecular weight excluding hydrogens is 916 g/mol. The topological polar surface area (TPSA) is 179 Å². The molecule has 19 heteroatoms. The summed E-state index contributed by atoms with van der Waals surface area (Å²) in [6.45, 7) is 5.12. The van der Waals surface area contributed by atoms with Crippen molar-refractivity contribution in [2.24, 2.45) is 7.05 Å². The highest BCUT2D eigenvalue weighted by molar-refractivity contribution is 7.99. The number of nitro groups is 1. The number of nitrogens with one attached hydrogen (secondary N) is 3. The molecule has 1 atom stereocenters. The lowest BCUT2D eigenvalue weighted by atomic mass is 9.96. The first-order chi connectivity index (χ1) is 32.1. The third-order valence-electron chi connectivity index (χ3n) is 11.6. The van der Waals surface area contributed by atoms with Gasteiger partial charge in [-0.3, -0.25) is 19.6 Å². The number of sulfonamides is 1. The molecule has 1 aromatic heterocycles. The smallest absolute Gasteiger partial charge is 0.293 e. The van der Waals surface area contributed by atoms with Crippen LogP contribution in [0.1, 0.15) is 22.5 Å². The fraction of sp³-hybridized carbons (Fsp3) is 0.271. The van der Waals surface area contributed by atoms with Crippen molar-refractivity contribution >= 4 is 66.8 Å². The second-order valence-electron chi connectivity index (χ2n) is 16.4. The minimum absolute atomic E-state index is 0.129. The van der Waals surface area contributed by atoms with Gasteiger partial charge < -0.3 is 29.9 Å². The molecule has 15 nitrogen and oxygen atoms in total. The van der Waals surface area contributed by atoms with Crippen LogP contribution in [0, 0.1) is 22.9 Å². The van der Waals surface area contributed by atoms with E-state index in [1.165, 1.54) is 24.3 Å². The fourth-order valence-corrected chi connectivity index (χ4v) is 10.4. The van der Waals surface area contributed by atoms with E-state index in [0.717, 1.165) is 34.4 Å². The number of nitrogens with zero attached hydrogens (tertiary/aromatic N) is 5. The second kappa shape index (κ2) is 21.5. The van der Waals surface area contributed by atoms with Gasteiger partial charge in [0.25, 0.3) is 21.6 Å². The predicted molar refractivity (Wildman–Crippen MR) is 266 cm³/mol. The van der Waals surface area contributed by atoms with Gasteiger partial charge in [-0.2, -0.15) is 0 Å². The molecule has 1 aliphatic heterocycles. The first-order valence-electron chi connectivity index (χ1n) is 21.5. The monoisotopic (exact) mass is 968 g/mol. The van der Waals surface area contributed by atoms with Gasteiger partial charge in [0.1, 0.15) is 17.4 Å². The molecule has 0 saturated carbocycles. The summed E-state index contributed by atoms with van der Waals surface area (Å²) >= 11 is 1.64. The van der Waals surface area contributed by atoms with Crippen molar-refractivity contribution in [1.29, 1.82) is 0 Å². The number of halogens is 1. The number of benzene rings is 5. The largest absolute Gasteiger partial charge is 0.376 e. The van der Waals surface area contributed by atoms with E-state index in [1.54, 1.807) is 43.0 Å². The highest BCUT2D eigenvalue weighted by Crippen LogP contribution is 2.40. The summed E-state index contributed by atoms with van der Waals surface area (Å²) in [4.78, 5) is 32.6. The van der Waals surface area contributed by atoms with Crippen LogP contribution in [0.2, 0.25) is 0 Å². The molecule has 1 amide bonds. The van der Waals surface area contributed by atoms with Crippen molar-refractivity contribution in [2.75, 3.05) is 78.3 Å². The zero-order valence-corrected chi connectivity index (χ0v) is 40.0.